The predicted molar refractivity (Wildman–Crippen MR) is 108 cm³/mol. The minimum atomic E-state index is -0.798. The lowest BCUT2D eigenvalue weighted by Crippen LogP contribution is -2.35. The molecule has 0 aromatic heterocycles. The monoisotopic (exact) mass is 393 g/mol. The average Bonchev–Trinajstić information content (AvgIpc) is 3.35. The van der Waals surface area contributed by atoms with Crippen LogP contribution in [0.4, 0.5) is 0 Å². The molecule has 2 aliphatic rings. The fraction of sp³-hybridized carbons (Fsp3) is 0.318. The smallest absolute Gasteiger partial charge is 0.253 e. The van der Waals surface area contributed by atoms with Gasteiger partial charge in [-0.25, -0.2) is 5.43 Å². The number of methoxy groups -OCH3 is 2. The first-order chi connectivity index (χ1) is 14.1. The van der Waals surface area contributed by atoms with Gasteiger partial charge in [-0.3, -0.25) is 9.59 Å². The molecule has 29 heavy (non-hydrogen) atoms. The second-order valence-corrected chi connectivity index (χ2v) is 7.10. The Kier molecular flexibility index (Phi) is 5.20. The Morgan fingerprint density at radius 2 is 1.90 bits per heavy atom. The Hall–Kier alpha value is -3.35. The van der Waals surface area contributed by atoms with Gasteiger partial charge >= 0.3 is 0 Å². The van der Waals surface area contributed by atoms with Crippen LogP contribution in [-0.2, 0) is 16.0 Å². The van der Waals surface area contributed by atoms with Crippen molar-refractivity contribution in [3.8, 4) is 11.5 Å². The van der Waals surface area contributed by atoms with Crippen LogP contribution in [-0.4, -0.2) is 38.3 Å². The van der Waals surface area contributed by atoms with E-state index in [0.29, 0.717) is 24.5 Å². The van der Waals surface area contributed by atoms with Gasteiger partial charge in [0.15, 0.2) is 11.5 Å². The van der Waals surface area contributed by atoms with Crippen LogP contribution in [0, 0.1) is 5.92 Å². The molecular weight excluding hydrogens is 370 g/mol. The van der Waals surface area contributed by atoms with E-state index in [1.165, 1.54) is 0 Å². The van der Waals surface area contributed by atoms with E-state index in [1.807, 2.05) is 42.5 Å². The predicted octanol–water partition coefficient (Wildman–Crippen LogP) is 2.00. The number of fused-ring (bicyclic) bond motifs is 1. The molecule has 2 amide bonds. The highest BCUT2D eigenvalue weighted by Crippen LogP contribution is 2.38. The van der Waals surface area contributed by atoms with Gasteiger partial charge in [0, 0.05) is 23.6 Å². The van der Waals surface area contributed by atoms with Crippen LogP contribution in [0.1, 0.15) is 29.0 Å². The zero-order valence-electron chi connectivity index (χ0n) is 16.4. The minimum absolute atomic E-state index is 0.205. The first-order valence-electron chi connectivity index (χ1n) is 9.57. The van der Waals surface area contributed by atoms with Crippen molar-refractivity contribution in [2.75, 3.05) is 20.8 Å². The number of amides is 2. The number of nitrogens with zero attached hydrogens (tertiary/aromatic N) is 1. The standard InChI is InChI=1S/C22H23N3O4/c1-28-18-11-9-14-15(20(18)29-2)8-10-17(14)24-25-22(27)19-16(12-23-21(19)26)13-6-4-3-5-7-13/h3-7,9,11,16,19H,8,10,12H2,1-2H3,(H,23,26)(H,25,27)/b24-17-. The summed E-state index contributed by atoms with van der Waals surface area (Å²) in [6.45, 7) is 0.442. The molecule has 7 heteroatoms. The van der Waals surface area contributed by atoms with Gasteiger partial charge in [0.2, 0.25) is 5.91 Å². The summed E-state index contributed by atoms with van der Waals surface area (Å²) in [7, 11) is 3.21. The SMILES string of the molecule is COc1ccc2c(c1OC)CC/C2=N/NC(=O)C1C(=O)NCC1c1ccccc1. The number of carbonyl (C=O) groups is 2. The zero-order valence-corrected chi connectivity index (χ0v) is 16.4. The number of hydrogen-bond donors (Lipinski definition) is 2. The molecule has 2 aromatic carbocycles. The van der Waals surface area contributed by atoms with Gasteiger partial charge in [-0.1, -0.05) is 30.3 Å². The summed E-state index contributed by atoms with van der Waals surface area (Å²) in [6, 6.07) is 13.3. The normalized spacial score (nSPS) is 21.6. The zero-order chi connectivity index (χ0) is 20.4. The topological polar surface area (TPSA) is 89.0 Å². The van der Waals surface area contributed by atoms with Gasteiger partial charge < -0.3 is 14.8 Å². The minimum Gasteiger partial charge on any atom is -0.493 e. The molecule has 4 rings (SSSR count). The lowest BCUT2D eigenvalue weighted by atomic mass is 9.88. The molecule has 2 aromatic rings. The first-order valence-corrected chi connectivity index (χ1v) is 9.57. The lowest BCUT2D eigenvalue weighted by molar-refractivity contribution is -0.133. The molecule has 0 bridgehead atoms. The van der Waals surface area contributed by atoms with Crippen LogP contribution >= 0.6 is 0 Å². The third kappa shape index (κ3) is 3.44. The van der Waals surface area contributed by atoms with E-state index in [2.05, 4.69) is 15.8 Å². The second kappa shape index (κ2) is 7.95. The van der Waals surface area contributed by atoms with E-state index in [-0.39, 0.29) is 11.8 Å². The van der Waals surface area contributed by atoms with Gasteiger partial charge in [-0.2, -0.15) is 5.10 Å². The Morgan fingerprint density at radius 3 is 2.62 bits per heavy atom. The van der Waals surface area contributed by atoms with E-state index >= 15 is 0 Å². The highest BCUT2D eigenvalue weighted by atomic mass is 16.5. The van der Waals surface area contributed by atoms with Crippen molar-refractivity contribution in [1.82, 2.24) is 10.7 Å². The van der Waals surface area contributed by atoms with Crippen molar-refractivity contribution in [2.24, 2.45) is 11.0 Å². The Balaban J connectivity index is 1.54. The van der Waals surface area contributed by atoms with Crippen LogP contribution in [0.15, 0.2) is 47.6 Å². The first kappa shape index (κ1) is 19.0. The molecule has 150 valence electrons. The van der Waals surface area contributed by atoms with Gasteiger partial charge in [-0.15, -0.1) is 0 Å². The molecule has 1 fully saturated rings. The maximum absolute atomic E-state index is 12.8. The maximum Gasteiger partial charge on any atom is 0.253 e. The third-order valence-corrected chi connectivity index (χ3v) is 5.56. The molecule has 7 nitrogen and oxygen atoms in total. The maximum atomic E-state index is 12.8. The molecular formula is C22H23N3O4. The molecule has 1 saturated heterocycles. The summed E-state index contributed by atoms with van der Waals surface area (Å²) in [5.74, 6) is -0.298. The van der Waals surface area contributed by atoms with Crippen molar-refractivity contribution < 1.29 is 19.1 Å². The summed E-state index contributed by atoms with van der Waals surface area (Å²) in [5, 5.41) is 7.14. The van der Waals surface area contributed by atoms with Crippen LogP contribution in [0.2, 0.25) is 0 Å². The summed E-state index contributed by atoms with van der Waals surface area (Å²) >= 11 is 0. The Morgan fingerprint density at radius 1 is 1.10 bits per heavy atom. The van der Waals surface area contributed by atoms with Gasteiger partial charge in [-0.05, 0) is 30.5 Å². The fourth-order valence-electron chi connectivity index (χ4n) is 4.13. The summed E-state index contributed by atoms with van der Waals surface area (Å²) in [6.07, 6.45) is 1.43. The fourth-order valence-corrected chi connectivity index (χ4v) is 4.13. The summed E-state index contributed by atoms with van der Waals surface area (Å²) < 4.78 is 10.8. The Labute approximate surface area is 169 Å². The molecule has 0 saturated carbocycles. The molecule has 1 aliphatic carbocycles. The molecule has 2 unspecified atom stereocenters. The van der Waals surface area contributed by atoms with Gasteiger partial charge in [0.25, 0.3) is 5.91 Å². The average molecular weight is 393 g/mol. The highest BCUT2D eigenvalue weighted by molar-refractivity contribution is 6.07. The molecule has 1 heterocycles. The van der Waals surface area contributed by atoms with Crippen molar-refractivity contribution in [1.29, 1.82) is 0 Å². The molecule has 2 N–H and O–H groups in total. The summed E-state index contributed by atoms with van der Waals surface area (Å²) in [4.78, 5) is 25.1. The van der Waals surface area contributed by atoms with E-state index in [0.717, 1.165) is 28.8 Å². The van der Waals surface area contributed by atoms with E-state index < -0.39 is 11.8 Å². The largest absolute Gasteiger partial charge is 0.493 e. The van der Waals surface area contributed by atoms with E-state index in [4.69, 9.17) is 9.47 Å². The molecule has 1 aliphatic heterocycles. The molecule has 0 spiro atoms. The second-order valence-electron chi connectivity index (χ2n) is 7.10. The van der Waals surface area contributed by atoms with E-state index in [1.54, 1.807) is 14.2 Å². The Bertz CT molecular complexity index is 972. The number of hydrogen-bond acceptors (Lipinski definition) is 5. The van der Waals surface area contributed by atoms with Gasteiger partial charge in [0.1, 0.15) is 5.92 Å². The summed E-state index contributed by atoms with van der Waals surface area (Å²) in [5.41, 5.74) is 6.29. The van der Waals surface area contributed by atoms with Crippen molar-refractivity contribution in [3.05, 3.63) is 59.2 Å². The van der Waals surface area contributed by atoms with E-state index in [9.17, 15) is 9.59 Å². The number of rotatable bonds is 5. The quantitative estimate of drug-likeness (QED) is 0.601. The van der Waals surface area contributed by atoms with Crippen LogP contribution in [0.5, 0.6) is 11.5 Å². The number of ether oxygens (including phenoxy) is 2. The number of carbonyl (C=O) groups excluding carboxylic acids is 2. The molecule has 2 atom stereocenters. The molecule has 0 radical (unpaired) electrons. The number of hydrazone groups is 1. The van der Waals surface area contributed by atoms with Crippen LogP contribution in [0.3, 0.4) is 0 Å². The van der Waals surface area contributed by atoms with Crippen molar-refractivity contribution in [2.45, 2.75) is 18.8 Å². The number of nitrogens with one attached hydrogen (secondary N) is 2. The highest BCUT2D eigenvalue weighted by Gasteiger charge is 2.41. The van der Waals surface area contributed by atoms with Crippen molar-refractivity contribution >= 4 is 17.5 Å². The third-order valence-electron chi connectivity index (χ3n) is 5.56. The van der Waals surface area contributed by atoms with Crippen molar-refractivity contribution in [3.63, 3.8) is 0 Å². The lowest BCUT2D eigenvalue weighted by Gasteiger charge is -2.15. The number of benzene rings is 2. The van der Waals surface area contributed by atoms with Gasteiger partial charge in [0.05, 0.1) is 19.9 Å². The van der Waals surface area contributed by atoms with Crippen LogP contribution in [0.25, 0.3) is 0 Å². The van der Waals surface area contributed by atoms with Crippen LogP contribution < -0.4 is 20.2 Å².